The molecule has 0 aromatic heterocycles. The number of allylic oxidation sites excluding steroid dienone is 1. The summed E-state index contributed by atoms with van der Waals surface area (Å²) in [4.78, 5) is 11.4. The summed E-state index contributed by atoms with van der Waals surface area (Å²) in [5.41, 5.74) is 1.89. The number of hydrogen-bond acceptors (Lipinski definition) is 1. The average Bonchev–Trinajstić information content (AvgIpc) is 2.61. The van der Waals surface area contributed by atoms with Gasteiger partial charge < -0.3 is 0 Å². The van der Waals surface area contributed by atoms with Gasteiger partial charge in [0.05, 0.1) is 0 Å². The summed E-state index contributed by atoms with van der Waals surface area (Å²) in [6.45, 7) is 0. The molecule has 3 rings (SSSR count). The van der Waals surface area contributed by atoms with Gasteiger partial charge in [0.15, 0.2) is 5.78 Å². The molecule has 1 aliphatic rings. The van der Waals surface area contributed by atoms with Crippen molar-refractivity contribution in [3.63, 3.8) is 0 Å². The molecule has 0 radical (unpaired) electrons. The van der Waals surface area contributed by atoms with Crippen LogP contribution >= 0.6 is 0 Å². The Kier molecular flexibility index (Phi) is 1.37. The number of benzene rings is 2. The monoisotopic (exact) mass is 180 g/mol. The summed E-state index contributed by atoms with van der Waals surface area (Å²) >= 11 is 0. The molecule has 0 saturated heterocycles. The van der Waals surface area contributed by atoms with Crippen molar-refractivity contribution >= 4 is 22.6 Å². The lowest BCUT2D eigenvalue weighted by Gasteiger charge is -2.02. The SMILES string of the molecule is O=C1C=Cc2c1ccc1ccccc21. The highest BCUT2D eigenvalue weighted by Crippen LogP contribution is 2.27. The van der Waals surface area contributed by atoms with E-state index in [1.54, 1.807) is 6.08 Å². The highest BCUT2D eigenvalue weighted by molar-refractivity contribution is 6.17. The molecule has 0 bridgehead atoms. The van der Waals surface area contributed by atoms with Gasteiger partial charge in [-0.3, -0.25) is 4.79 Å². The molecule has 2 aromatic carbocycles. The van der Waals surface area contributed by atoms with Crippen molar-refractivity contribution in [2.45, 2.75) is 0 Å². The maximum Gasteiger partial charge on any atom is 0.186 e. The first kappa shape index (κ1) is 7.51. The van der Waals surface area contributed by atoms with Crippen molar-refractivity contribution in [1.82, 2.24) is 0 Å². The van der Waals surface area contributed by atoms with Crippen LogP contribution in [0.15, 0.2) is 42.5 Å². The summed E-state index contributed by atoms with van der Waals surface area (Å²) < 4.78 is 0. The van der Waals surface area contributed by atoms with Crippen molar-refractivity contribution in [3.05, 3.63) is 53.6 Å². The minimum absolute atomic E-state index is 0.116. The second-order valence-electron chi connectivity index (χ2n) is 3.45. The number of hydrogen-bond donors (Lipinski definition) is 0. The van der Waals surface area contributed by atoms with Gasteiger partial charge in [0.25, 0.3) is 0 Å². The third-order valence-corrected chi connectivity index (χ3v) is 2.64. The van der Waals surface area contributed by atoms with Crippen molar-refractivity contribution in [2.24, 2.45) is 0 Å². The summed E-state index contributed by atoms with van der Waals surface area (Å²) in [5, 5.41) is 2.35. The van der Waals surface area contributed by atoms with E-state index in [9.17, 15) is 4.79 Å². The second kappa shape index (κ2) is 2.55. The Morgan fingerprint density at radius 1 is 0.857 bits per heavy atom. The van der Waals surface area contributed by atoms with Crippen LogP contribution in [-0.4, -0.2) is 5.78 Å². The molecule has 0 saturated carbocycles. The fourth-order valence-corrected chi connectivity index (χ4v) is 1.94. The van der Waals surface area contributed by atoms with Crippen LogP contribution in [0.1, 0.15) is 15.9 Å². The molecule has 0 heterocycles. The first-order chi connectivity index (χ1) is 6.86. The molecule has 1 aliphatic carbocycles. The zero-order valence-corrected chi connectivity index (χ0v) is 7.53. The van der Waals surface area contributed by atoms with Crippen LogP contribution in [0.5, 0.6) is 0 Å². The maximum absolute atomic E-state index is 11.4. The predicted octanol–water partition coefficient (Wildman–Crippen LogP) is 3.05. The van der Waals surface area contributed by atoms with E-state index in [4.69, 9.17) is 0 Å². The molecule has 0 fully saturated rings. The van der Waals surface area contributed by atoms with Crippen LogP contribution in [0.3, 0.4) is 0 Å². The van der Waals surface area contributed by atoms with Gasteiger partial charge in [-0.1, -0.05) is 30.3 Å². The lowest BCUT2D eigenvalue weighted by atomic mass is 10.0. The van der Waals surface area contributed by atoms with E-state index in [0.717, 1.165) is 16.5 Å². The lowest BCUT2D eigenvalue weighted by Crippen LogP contribution is -1.91. The summed E-state index contributed by atoms with van der Waals surface area (Å²) in [7, 11) is 0. The lowest BCUT2D eigenvalue weighted by molar-refractivity contribution is 0.105. The van der Waals surface area contributed by atoms with E-state index >= 15 is 0 Å². The molecule has 14 heavy (non-hydrogen) atoms. The Labute approximate surface area is 81.7 Å². The van der Waals surface area contributed by atoms with Crippen molar-refractivity contribution in [2.75, 3.05) is 0 Å². The predicted molar refractivity (Wildman–Crippen MR) is 57.3 cm³/mol. The third kappa shape index (κ3) is 0.867. The molecular formula is C13H8O. The van der Waals surface area contributed by atoms with E-state index in [2.05, 4.69) is 12.1 Å². The highest BCUT2D eigenvalue weighted by Gasteiger charge is 2.14. The summed E-state index contributed by atoms with van der Waals surface area (Å²) in [6, 6.07) is 12.0. The average molecular weight is 180 g/mol. The minimum Gasteiger partial charge on any atom is -0.289 e. The maximum atomic E-state index is 11.4. The molecule has 0 spiro atoms. The Hall–Kier alpha value is -1.89. The molecule has 0 atom stereocenters. The Balaban J connectivity index is 2.49. The van der Waals surface area contributed by atoms with E-state index in [1.807, 2.05) is 30.3 Å². The fourth-order valence-electron chi connectivity index (χ4n) is 1.94. The largest absolute Gasteiger partial charge is 0.289 e. The quantitative estimate of drug-likeness (QED) is 0.609. The molecule has 0 unspecified atom stereocenters. The van der Waals surface area contributed by atoms with Gasteiger partial charge in [-0.2, -0.15) is 0 Å². The zero-order chi connectivity index (χ0) is 9.54. The van der Waals surface area contributed by atoms with Crippen LogP contribution < -0.4 is 0 Å². The first-order valence-electron chi connectivity index (χ1n) is 4.60. The Morgan fingerprint density at radius 2 is 1.71 bits per heavy atom. The normalized spacial score (nSPS) is 13.6. The molecule has 1 nitrogen and oxygen atoms in total. The fraction of sp³-hybridized carbons (Fsp3) is 0. The molecule has 0 aliphatic heterocycles. The zero-order valence-electron chi connectivity index (χ0n) is 7.53. The van der Waals surface area contributed by atoms with Gasteiger partial charge in [-0.05, 0) is 34.6 Å². The topological polar surface area (TPSA) is 17.1 Å². The third-order valence-electron chi connectivity index (χ3n) is 2.64. The molecule has 66 valence electrons. The molecule has 1 heteroatoms. The number of carbonyl (C=O) groups excluding carboxylic acids is 1. The van der Waals surface area contributed by atoms with Crippen LogP contribution in [-0.2, 0) is 0 Å². The standard InChI is InChI=1S/C13H8O/c14-13-8-7-11-10-4-2-1-3-9(10)5-6-12(11)13/h1-8H. The molecular weight excluding hydrogens is 172 g/mol. The number of carbonyl (C=O) groups is 1. The van der Waals surface area contributed by atoms with Crippen molar-refractivity contribution in [3.8, 4) is 0 Å². The second-order valence-corrected chi connectivity index (χ2v) is 3.45. The Morgan fingerprint density at radius 3 is 2.64 bits per heavy atom. The van der Waals surface area contributed by atoms with Crippen molar-refractivity contribution in [1.29, 1.82) is 0 Å². The molecule has 0 N–H and O–H groups in total. The van der Waals surface area contributed by atoms with E-state index in [1.165, 1.54) is 5.39 Å². The number of ketones is 1. The van der Waals surface area contributed by atoms with E-state index in [0.29, 0.717) is 0 Å². The van der Waals surface area contributed by atoms with Crippen LogP contribution in [0.2, 0.25) is 0 Å². The number of rotatable bonds is 0. The summed E-state index contributed by atoms with van der Waals surface area (Å²) in [5.74, 6) is 0.116. The van der Waals surface area contributed by atoms with E-state index in [-0.39, 0.29) is 5.78 Å². The molecule has 0 amide bonds. The van der Waals surface area contributed by atoms with Crippen LogP contribution in [0, 0.1) is 0 Å². The van der Waals surface area contributed by atoms with Gasteiger partial charge in [-0.15, -0.1) is 0 Å². The van der Waals surface area contributed by atoms with Gasteiger partial charge in [0, 0.05) is 5.56 Å². The summed E-state index contributed by atoms with van der Waals surface area (Å²) in [6.07, 6.45) is 3.54. The molecule has 2 aromatic rings. The van der Waals surface area contributed by atoms with Gasteiger partial charge in [0.1, 0.15) is 0 Å². The van der Waals surface area contributed by atoms with Gasteiger partial charge >= 0.3 is 0 Å². The highest BCUT2D eigenvalue weighted by atomic mass is 16.1. The minimum atomic E-state index is 0.116. The van der Waals surface area contributed by atoms with Crippen LogP contribution in [0.25, 0.3) is 16.8 Å². The number of fused-ring (bicyclic) bond motifs is 3. The first-order valence-corrected chi connectivity index (χ1v) is 4.60. The van der Waals surface area contributed by atoms with Crippen LogP contribution in [0.4, 0.5) is 0 Å². The smallest absolute Gasteiger partial charge is 0.186 e. The van der Waals surface area contributed by atoms with Crippen molar-refractivity contribution < 1.29 is 4.79 Å². The van der Waals surface area contributed by atoms with Gasteiger partial charge in [0.2, 0.25) is 0 Å². The van der Waals surface area contributed by atoms with E-state index < -0.39 is 0 Å². The van der Waals surface area contributed by atoms with Gasteiger partial charge in [-0.25, -0.2) is 0 Å². The Bertz CT molecular complexity index is 564.